The monoisotopic (exact) mass is 298 g/mol. The summed E-state index contributed by atoms with van der Waals surface area (Å²) in [7, 11) is 0. The van der Waals surface area contributed by atoms with Crippen LogP contribution in [0.1, 0.15) is 36.3 Å². The summed E-state index contributed by atoms with van der Waals surface area (Å²) in [4.78, 5) is 30.3. The van der Waals surface area contributed by atoms with Crippen molar-refractivity contribution in [1.82, 2.24) is 9.88 Å². The molecule has 116 valence electrons. The van der Waals surface area contributed by atoms with Crippen molar-refractivity contribution in [2.24, 2.45) is 11.8 Å². The molecule has 0 aliphatic carbocycles. The number of hydrogen-bond donors (Lipinski definition) is 1. The molecule has 1 fully saturated rings. The number of piperidine rings is 1. The van der Waals surface area contributed by atoms with Crippen molar-refractivity contribution in [3.63, 3.8) is 0 Å². The van der Waals surface area contributed by atoms with Gasteiger partial charge in [0.25, 0.3) is 11.7 Å². The van der Waals surface area contributed by atoms with Crippen molar-refractivity contribution in [2.75, 3.05) is 13.1 Å². The van der Waals surface area contributed by atoms with Crippen LogP contribution in [-0.4, -0.2) is 34.7 Å². The first-order valence-electron chi connectivity index (χ1n) is 7.88. The van der Waals surface area contributed by atoms with E-state index >= 15 is 0 Å². The Morgan fingerprint density at radius 3 is 2.45 bits per heavy atom. The van der Waals surface area contributed by atoms with Crippen LogP contribution in [0, 0.1) is 18.8 Å². The van der Waals surface area contributed by atoms with E-state index in [4.69, 9.17) is 0 Å². The van der Waals surface area contributed by atoms with Gasteiger partial charge in [-0.25, -0.2) is 0 Å². The second-order valence-electron chi connectivity index (χ2n) is 6.66. The van der Waals surface area contributed by atoms with Crippen molar-refractivity contribution in [2.45, 2.75) is 27.2 Å². The van der Waals surface area contributed by atoms with Gasteiger partial charge in [0.15, 0.2) is 0 Å². The molecule has 1 aromatic carbocycles. The van der Waals surface area contributed by atoms with E-state index in [0.717, 1.165) is 23.0 Å². The molecule has 2 aromatic rings. The lowest BCUT2D eigenvalue weighted by Crippen LogP contribution is -2.45. The Hall–Kier alpha value is -2.10. The number of nitrogens with one attached hydrogen (secondary N) is 1. The average molecular weight is 298 g/mol. The fraction of sp³-hybridized carbons (Fsp3) is 0.444. The molecule has 4 heteroatoms. The van der Waals surface area contributed by atoms with Gasteiger partial charge in [0, 0.05) is 29.7 Å². The van der Waals surface area contributed by atoms with Crippen LogP contribution in [-0.2, 0) is 4.79 Å². The lowest BCUT2D eigenvalue weighted by molar-refractivity contribution is -0.129. The Balaban J connectivity index is 1.92. The Morgan fingerprint density at radius 2 is 1.77 bits per heavy atom. The maximum Gasteiger partial charge on any atom is 0.295 e. The molecule has 1 saturated heterocycles. The Labute approximate surface area is 130 Å². The van der Waals surface area contributed by atoms with E-state index in [9.17, 15) is 9.59 Å². The molecule has 0 spiro atoms. The van der Waals surface area contributed by atoms with Gasteiger partial charge in [-0.3, -0.25) is 9.59 Å². The highest BCUT2D eigenvalue weighted by atomic mass is 16.2. The number of aromatic nitrogens is 1. The van der Waals surface area contributed by atoms with Crippen LogP contribution in [0.25, 0.3) is 10.9 Å². The van der Waals surface area contributed by atoms with Crippen LogP contribution >= 0.6 is 0 Å². The first-order chi connectivity index (χ1) is 10.5. The molecule has 22 heavy (non-hydrogen) atoms. The van der Waals surface area contributed by atoms with Crippen LogP contribution in [0.15, 0.2) is 24.3 Å². The SMILES string of the molecule is Cc1[nH]c2ccccc2c1C(=O)C(=O)N1CC(C)CC(C)C1. The highest BCUT2D eigenvalue weighted by Crippen LogP contribution is 2.25. The topological polar surface area (TPSA) is 53.2 Å². The van der Waals surface area contributed by atoms with Crippen LogP contribution in [0.5, 0.6) is 0 Å². The van der Waals surface area contributed by atoms with E-state index < -0.39 is 5.78 Å². The number of hydrogen-bond acceptors (Lipinski definition) is 2. The summed E-state index contributed by atoms with van der Waals surface area (Å²) < 4.78 is 0. The average Bonchev–Trinajstić information content (AvgIpc) is 2.80. The molecule has 4 nitrogen and oxygen atoms in total. The van der Waals surface area contributed by atoms with E-state index in [-0.39, 0.29) is 5.91 Å². The Morgan fingerprint density at radius 1 is 1.14 bits per heavy atom. The maximum absolute atomic E-state index is 12.7. The number of fused-ring (bicyclic) bond motifs is 1. The van der Waals surface area contributed by atoms with Gasteiger partial charge in [-0.05, 0) is 31.2 Å². The molecule has 2 heterocycles. The molecular formula is C18H22N2O2. The molecule has 0 bridgehead atoms. The number of likely N-dealkylation sites (tertiary alicyclic amines) is 1. The van der Waals surface area contributed by atoms with Gasteiger partial charge in [0.1, 0.15) is 0 Å². The fourth-order valence-corrected chi connectivity index (χ4v) is 3.65. The number of aryl methyl sites for hydroxylation is 1. The second kappa shape index (κ2) is 5.59. The zero-order chi connectivity index (χ0) is 15.9. The molecular weight excluding hydrogens is 276 g/mol. The largest absolute Gasteiger partial charge is 0.358 e. The lowest BCUT2D eigenvalue weighted by atomic mass is 9.91. The second-order valence-corrected chi connectivity index (χ2v) is 6.66. The maximum atomic E-state index is 12.7. The number of Topliss-reactive ketones (excluding diaryl/α,β-unsaturated/α-hetero) is 1. The zero-order valence-electron chi connectivity index (χ0n) is 13.3. The minimum atomic E-state index is -0.392. The zero-order valence-corrected chi connectivity index (χ0v) is 13.3. The number of carbonyl (C=O) groups excluding carboxylic acids is 2. The standard InChI is InChI=1S/C18H22N2O2/c1-11-8-12(2)10-20(9-11)18(22)17(21)16-13(3)19-15-7-5-4-6-14(15)16/h4-7,11-12,19H,8-10H2,1-3H3. The Kier molecular flexibility index (Phi) is 3.77. The minimum absolute atomic E-state index is 0.369. The number of aromatic amines is 1. The number of amides is 1. The summed E-state index contributed by atoms with van der Waals surface area (Å²) in [6.45, 7) is 7.48. The number of ketones is 1. The Bertz CT molecular complexity index is 722. The minimum Gasteiger partial charge on any atom is -0.358 e. The van der Waals surface area contributed by atoms with Crippen molar-refractivity contribution >= 4 is 22.6 Å². The molecule has 1 aliphatic heterocycles. The molecule has 2 atom stereocenters. The number of benzene rings is 1. The highest BCUT2D eigenvalue weighted by molar-refractivity contribution is 6.45. The molecule has 1 amide bonds. The van der Waals surface area contributed by atoms with E-state index in [1.165, 1.54) is 0 Å². The number of carbonyl (C=O) groups is 2. The van der Waals surface area contributed by atoms with Crippen LogP contribution < -0.4 is 0 Å². The summed E-state index contributed by atoms with van der Waals surface area (Å²) in [6.07, 6.45) is 1.12. The molecule has 2 unspecified atom stereocenters. The lowest BCUT2D eigenvalue weighted by Gasteiger charge is -2.34. The molecule has 0 radical (unpaired) electrons. The van der Waals surface area contributed by atoms with E-state index in [1.807, 2.05) is 31.2 Å². The first-order valence-corrected chi connectivity index (χ1v) is 7.88. The van der Waals surface area contributed by atoms with Gasteiger partial charge < -0.3 is 9.88 Å². The van der Waals surface area contributed by atoms with Crippen molar-refractivity contribution in [3.05, 3.63) is 35.5 Å². The van der Waals surface area contributed by atoms with Gasteiger partial charge in [-0.15, -0.1) is 0 Å². The summed E-state index contributed by atoms with van der Waals surface area (Å²) in [6, 6.07) is 7.62. The fourth-order valence-electron chi connectivity index (χ4n) is 3.65. The van der Waals surface area contributed by atoms with Gasteiger partial charge >= 0.3 is 0 Å². The van der Waals surface area contributed by atoms with Gasteiger partial charge in [0.05, 0.1) is 5.56 Å². The predicted molar refractivity (Wildman–Crippen MR) is 86.9 cm³/mol. The third-order valence-electron chi connectivity index (χ3n) is 4.47. The van der Waals surface area contributed by atoms with Crippen LogP contribution in [0.3, 0.4) is 0 Å². The van der Waals surface area contributed by atoms with Crippen LogP contribution in [0.4, 0.5) is 0 Å². The summed E-state index contributed by atoms with van der Waals surface area (Å²) in [5, 5.41) is 0.830. The van der Waals surface area contributed by atoms with Crippen molar-refractivity contribution in [3.8, 4) is 0 Å². The van der Waals surface area contributed by atoms with Gasteiger partial charge in [-0.1, -0.05) is 32.0 Å². The molecule has 0 saturated carbocycles. The smallest absolute Gasteiger partial charge is 0.295 e. The first kappa shape index (κ1) is 14.8. The molecule has 1 aliphatic rings. The third kappa shape index (κ3) is 2.54. The number of para-hydroxylation sites is 1. The summed E-state index contributed by atoms with van der Waals surface area (Å²) in [5.41, 5.74) is 2.18. The van der Waals surface area contributed by atoms with E-state index in [1.54, 1.807) is 4.90 Å². The molecule has 1 aromatic heterocycles. The van der Waals surface area contributed by atoms with E-state index in [2.05, 4.69) is 18.8 Å². The number of rotatable bonds is 2. The summed E-state index contributed by atoms with van der Waals surface area (Å²) >= 11 is 0. The highest BCUT2D eigenvalue weighted by Gasteiger charge is 2.31. The summed E-state index contributed by atoms with van der Waals surface area (Å²) in [5.74, 6) is 0.136. The molecule has 3 rings (SSSR count). The van der Waals surface area contributed by atoms with Crippen molar-refractivity contribution in [1.29, 1.82) is 0 Å². The third-order valence-corrected chi connectivity index (χ3v) is 4.47. The predicted octanol–water partition coefficient (Wildman–Crippen LogP) is 3.16. The number of H-pyrrole nitrogens is 1. The normalized spacial score (nSPS) is 22.0. The van der Waals surface area contributed by atoms with Gasteiger partial charge in [0.2, 0.25) is 0 Å². The van der Waals surface area contributed by atoms with Gasteiger partial charge in [-0.2, -0.15) is 0 Å². The quantitative estimate of drug-likeness (QED) is 0.684. The van der Waals surface area contributed by atoms with E-state index in [0.29, 0.717) is 30.5 Å². The number of nitrogens with zero attached hydrogens (tertiary/aromatic N) is 1. The molecule has 1 N–H and O–H groups in total. The van der Waals surface area contributed by atoms with Crippen molar-refractivity contribution < 1.29 is 9.59 Å². The van der Waals surface area contributed by atoms with Crippen LogP contribution in [0.2, 0.25) is 0 Å².